The summed E-state index contributed by atoms with van der Waals surface area (Å²) in [7, 11) is -0.525. The molecule has 24 heavy (non-hydrogen) atoms. The molecule has 1 aromatic carbocycles. The molecule has 1 aromatic heterocycles. The molecule has 132 valence electrons. The van der Waals surface area contributed by atoms with Crippen LogP contribution in [0.5, 0.6) is 0 Å². The van der Waals surface area contributed by atoms with Crippen LogP contribution in [0.15, 0.2) is 34.0 Å². The van der Waals surface area contributed by atoms with E-state index in [-0.39, 0.29) is 17.1 Å². The molecule has 0 N–H and O–H groups in total. The van der Waals surface area contributed by atoms with E-state index in [9.17, 15) is 13.2 Å². The molecule has 0 amide bonds. The van der Waals surface area contributed by atoms with Crippen molar-refractivity contribution in [2.75, 3.05) is 14.1 Å². The summed E-state index contributed by atoms with van der Waals surface area (Å²) < 4.78 is 28.7. The van der Waals surface area contributed by atoms with Crippen molar-refractivity contribution in [2.45, 2.75) is 44.7 Å². The lowest BCUT2D eigenvalue weighted by Crippen LogP contribution is -2.36. The van der Waals surface area contributed by atoms with Gasteiger partial charge in [0.25, 0.3) is 0 Å². The first-order chi connectivity index (χ1) is 10.9. The third-order valence-electron chi connectivity index (χ3n) is 3.70. The van der Waals surface area contributed by atoms with Gasteiger partial charge in [0.1, 0.15) is 5.82 Å². The van der Waals surface area contributed by atoms with Gasteiger partial charge in [-0.25, -0.2) is 22.2 Å². The summed E-state index contributed by atoms with van der Waals surface area (Å²) in [5.41, 5.74) is 0.112. The lowest BCUT2D eigenvalue weighted by Gasteiger charge is -2.17. The quantitative estimate of drug-likeness (QED) is 0.833. The standard InChI is InChI=1S/C16H24N4O3S/c1-12-17-20(16(2,3)4)15(21)19(12)11-13-8-7-9-14(10-13)24(22,23)18(5)6/h7-10H,11H2,1-6H3. The molecule has 2 aromatic rings. The highest BCUT2D eigenvalue weighted by molar-refractivity contribution is 7.89. The highest BCUT2D eigenvalue weighted by atomic mass is 32.2. The van der Waals surface area contributed by atoms with Gasteiger partial charge in [-0.3, -0.25) is 4.57 Å². The van der Waals surface area contributed by atoms with Crippen molar-refractivity contribution in [3.8, 4) is 0 Å². The summed E-state index contributed by atoms with van der Waals surface area (Å²) in [5.74, 6) is 0.593. The second kappa shape index (κ2) is 6.18. The van der Waals surface area contributed by atoms with Crippen LogP contribution in [0.25, 0.3) is 0 Å². The third kappa shape index (κ3) is 3.44. The van der Waals surface area contributed by atoms with Crippen LogP contribution in [0, 0.1) is 6.92 Å². The molecule has 2 rings (SSSR count). The highest BCUT2D eigenvalue weighted by Gasteiger charge is 2.22. The van der Waals surface area contributed by atoms with Crippen molar-refractivity contribution in [2.24, 2.45) is 0 Å². The van der Waals surface area contributed by atoms with Gasteiger partial charge in [-0.2, -0.15) is 5.10 Å². The second-order valence-electron chi connectivity index (χ2n) is 6.93. The van der Waals surface area contributed by atoms with E-state index in [0.717, 1.165) is 5.56 Å². The van der Waals surface area contributed by atoms with Gasteiger partial charge in [0.05, 0.1) is 17.0 Å². The first kappa shape index (κ1) is 18.4. The number of hydrogen-bond acceptors (Lipinski definition) is 4. The molecule has 0 saturated heterocycles. The van der Waals surface area contributed by atoms with E-state index in [1.54, 1.807) is 35.8 Å². The fourth-order valence-corrected chi connectivity index (χ4v) is 3.28. The molecule has 0 fully saturated rings. The van der Waals surface area contributed by atoms with Gasteiger partial charge < -0.3 is 0 Å². The fourth-order valence-electron chi connectivity index (χ4n) is 2.31. The van der Waals surface area contributed by atoms with Gasteiger partial charge in [0, 0.05) is 14.1 Å². The highest BCUT2D eigenvalue weighted by Crippen LogP contribution is 2.16. The summed E-state index contributed by atoms with van der Waals surface area (Å²) in [6, 6.07) is 6.62. The van der Waals surface area contributed by atoms with E-state index in [2.05, 4.69) is 5.10 Å². The van der Waals surface area contributed by atoms with Crippen LogP contribution >= 0.6 is 0 Å². The number of nitrogens with zero attached hydrogens (tertiary/aromatic N) is 4. The van der Waals surface area contributed by atoms with Gasteiger partial charge in [0.15, 0.2) is 0 Å². The molecule has 8 heteroatoms. The maximum atomic E-state index is 12.6. The second-order valence-corrected chi connectivity index (χ2v) is 9.09. The Hall–Kier alpha value is -1.93. The normalized spacial score (nSPS) is 12.8. The number of aryl methyl sites for hydroxylation is 1. The van der Waals surface area contributed by atoms with E-state index in [0.29, 0.717) is 5.82 Å². The number of hydrogen-bond donors (Lipinski definition) is 0. The van der Waals surface area contributed by atoms with Crippen LogP contribution in [0.4, 0.5) is 0 Å². The molecule has 0 unspecified atom stereocenters. The largest absolute Gasteiger partial charge is 0.346 e. The molecule has 7 nitrogen and oxygen atoms in total. The van der Waals surface area contributed by atoms with E-state index in [4.69, 9.17) is 0 Å². The van der Waals surface area contributed by atoms with Gasteiger partial charge in [-0.05, 0) is 45.4 Å². The Kier molecular flexibility index (Phi) is 4.74. The lowest BCUT2D eigenvalue weighted by molar-refractivity contribution is 0.340. The van der Waals surface area contributed by atoms with Crippen LogP contribution in [-0.2, 0) is 22.1 Å². The number of rotatable bonds is 4. The Bertz CT molecular complexity index is 902. The van der Waals surface area contributed by atoms with Crippen molar-refractivity contribution < 1.29 is 8.42 Å². The summed E-state index contributed by atoms with van der Waals surface area (Å²) in [5, 5.41) is 4.32. The van der Waals surface area contributed by atoms with Crippen molar-refractivity contribution >= 4 is 10.0 Å². The number of sulfonamides is 1. The molecule has 0 bridgehead atoms. The number of benzene rings is 1. The Labute approximate surface area is 142 Å². The molecular weight excluding hydrogens is 328 g/mol. The van der Waals surface area contributed by atoms with E-state index in [1.165, 1.54) is 23.1 Å². The van der Waals surface area contributed by atoms with Crippen LogP contribution in [-0.4, -0.2) is 41.2 Å². The van der Waals surface area contributed by atoms with Gasteiger partial charge >= 0.3 is 5.69 Å². The Morgan fingerprint density at radius 2 is 1.83 bits per heavy atom. The SMILES string of the molecule is Cc1nn(C(C)(C)C)c(=O)n1Cc1cccc(S(=O)(=O)N(C)C)c1. The molecule has 0 atom stereocenters. The zero-order valence-electron chi connectivity index (χ0n) is 14.9. The zero-order valence-corrected chi connectivity index (χ0v) is 15.8. The first-order valence-corrected chi connectivity index (χ1v) is 9.07. The minimum atomic E-state index is -3.50. The van der Waals surface area contributed by atoms with Gasteiger partial charge in [0.2, 0.25) is 10.0 Å². The molecule has 1 heterocycles. The maximum Gasteiger partial charge on any atom is 0.346 e. The molecule has 0 aliphatic heterocycles. The lowest BCUT2D eigenvalue weighted by atomic mass is 10.1. The Balaban J connectivity index is 2.44. The first-order valence-electron chi connectivity index (χ1n) is 7.63. The van der Waals surface area contributed by atoms with Crippen LogP contribution in [0.3, 0.4) is 0 Å². The number of aromatic nitrogens is 3. The minimum absolute atomic E-state index is 0.207. The predicted octanol–water partition coefficient (Wildman–Crippen LogP) is 1.41. The topological polar surface area (TPSA) is 77.2 Å². The minimum Gasteiger partial charge on any atom is -0.275 e. The predicted molar refractivity (Wildman–Crippen MR) is 92.6 cm³/mol. The van der Waals surface area contributed by atoms with E-state index < -0.39 is 15.6 Å². The summed E-state index contributed by atoms with van der Waals surface area (Å²) in [6.45, 7) is 7.78. The third-order valence-corrected chi connectivity index (χ3v) is 5.51. The molecular formula is C16H24N4O3S. The fraction of sp³-hybridized carbons (Fsp3) is 0.500. The molecule has 0 radical (unpaired) electrons. The molecule has 0 spiro atoms. The van der Waals surface area contributed by atoms with Crippen LogP contribution in [0.2, 0.25) is 0 Å². The summed E-state index contributed by atoms with van der Waals surface area (Å²) in [6.07, 6.45) is 0. The van der Waals surface area contributed by atoms with Crippen molar-refractivity contribution in [3.63, 3.8) is 0 Å². The molecule has 0 aliphatic carbocycles. The Morgan fingerprint density at radius 3 is 2.33 bits per heavy atom. The van der Waals surface area contributed by atoms with Gasteiger partial charge in [-0.1, -0.05) is 12.1 Å². The monoisotopic (exact) mass is 352 g/mol. The Morgan fingerprint density at radius 1 is 1.21 bits per heavy atom. The van der Waals surface area contributed by atoms with Crippen molar-refractivity contribution in [3.05, 3.63) is 46.1 Å². The van der Waals surface area contributed by atoms with Crippen LogP contribution in [0.1, 0.15) is 32.2 Å². The smallest absolute Gasteiger partial charge is 0.275 e. The maximum absolute atomic E-state index is 12.6. The summed E-state index contributed by atoms with van der Waals surface area (Å²) in [4.78, 5) is 12.8. The molecule has 0 saturated carbocycles. The van der Waals surface area contributed by atoms with Crippen LogP contribution < -0.4 is 5.69 Å². The summed E-state index contributed by atoms with van der Waals surface area (Å²) >= 11 is 0. The van der Waals surface area contributed by atoms with Crippen molar-refractivity contribution in [1.82, 2.24) is 18.7 Å². The van der Waals surface area contributed by atoms with Crippen molar-refractivity contribution in [1.29, 1.82) is 0 Å². The van der Waals surface area contributed by atoms with Gasteiger partial charge in [-0.15, -0.1) is 0 Å². The van der Waals surface area contributed by atoms with E-state index >= 15 is 0 Å². The average molecular weight is 352 g/mol. The average Bonchev–Trinajstić information content (AvgIpc) is 2.75. The molecule has 0 aliphatic rings. The zero-order chi connectivity index (χ0) is 18.3. The van der Waals surface area contributed by atoms with E-state index in [1.807, 2.05) is 20.8 Å².